The molecule has 0 fully saturated rings. The zero-order valence-corrected chi connectivity index (χ0v) is 11.3. The number of benzene rings is 2. The van der Waals surface area contributed by atoms with Crippen LogP contribution in [0.5, 0.6) is 0 Å². The van der Waals surface area contributed by atoms with E-state index in [4.69, 9.17) is 0 Å². The van der Waals surface area contributed by atoms with Gasteiger partial charge in [0.15, 0.2) is 0 Å². The minimum absolute atomic E-state index is 0.131. The van der Waals surface area contributed by atoms with E-state index in [1.165, 1.54) is 12.1 Å². The largest absolute Gasteiger partial charge is 0.359 e. The van der Waals surface area contributed by atoms with Crippen molar-refractivity contribution >= 4 is 22.3 Å². The summed E-state index contributed by atoms with van der Waals surface area (Å²) < 4.78 is 27.1. The Labute approximate surface area is 120 Å². The fourth-order valence-corrected chi connectivity index (χ4v) is 2.18. The Morgan fingerprint density at radius 1 is 0.905 bits per heavy atom. The van der Waals surface area contributed by atoms with E-state index in [-0.39, 0.29) is 11.3 Å². The van der Waals surface area contributed by atoms with Crippen LogP contribution in [0.2, 0.25) is 0 Å². The first-order valence-corrected chi connectivity index (χ1v) is 6.51. The van der Waals surface area contributed by atoms with Gasteiger partial charge in [-0.2, -0.15) is 0 Å². The summed E-state index contributed by atoms with van der Waals surface area (Å²) in [5.74, 6) is -2.95. The van der Waals surface area contributed by atoms with Crippen molar-refractivity contribution in [3.63, 3.8) is 0 Å². The van der Waals surface area contributed by atoms with E-state index in [0.29, 0.717) is 5.69 Å². The van der Waals surface area contributed by atoms with Crippen molar-refractivity contribution in [1.29, 1.82) is 0 Å². The maximum Gasteiger partial charge on any atom is 0.272 e. The van der Waals surface area contributed by atoms with Crippen molar-refractivity contribution in [1.82, 2.24) is 4.98 Å². The number of aromatic amines is 1. The second-order valence-corrected chi connectivity index (χ2v) is 4.83. The second-order valence-electron chi connectivity index (χ2n) is 4.83. The minimum Gasteiger partial charge on any atom is -0.359 e. The lowest BCUT2D eigenvalue weighted by molar-refractivity contribution is 0.0181. The van der Waals surface area contributed by atoms with Crippen LogP contribution >= 0.6 is 0 Å². The lowest BCUT2D eigenvalue weighted by Crippen LogP contribution is -2.06. The average Bonchev–Trinajstić information content (AvgIpc) is 2.88. The van der Waals surface area contributed by atoms with E-state index in [1.54, 1.807) is 18.3 Å². The Morgan fingerprint density at radius 2 is 1.57 bits per heavy atom. The van der Waals surface area contributed by atoms with Crippen molar-refractivity contribution in [2.45, 2.75) is 12.8 Å². The maximum atomic E-state index is 13.5. The van der Waals surface area contributed by atoms with Crippen LogP contribution in [0.25, 0.3) is 10.9 Å². The number of nitrogens with zero attached hydrogens (tertiary/aromatic N) is 2. The van der Waals surface area contributed by atoms with Crippen LogP contribution < -0.4 is 0 Å². The number of rotatable bonds is 3. The smallest absolute Gasteiger partial charge is 0.272 e. The average molecular weight is 285 g/mol. The summed E-state index contributed by atoms with van der Waals surface area (Å²) in [6.45, 7) is 0.854. The van der Waals surface area contributed by atoms with Crippen LogP contribution in [0, 0.1) is 0 Å². The molecule has 0 aliphatic rings. The summed E-state index contributed by atoms with van der Waals surface area (Å²) in [7, 11) is 0. The molecule has 0 atom stereocenters. The SMILES string of the molecule is CC(F)(F)c1ccccc1N=Nc1c[nH]c2ccccc12. The van der Waals surface area contributed by atoms with Crippen molar-refractivity contribution in [2.75, 3.05) is 0 Å². The molecule has 1 aromatic heterocycles. The molecule has 3 aromatic rings. The highest BCUT2D eigenvalue weighted by molar-refractivity contribution is 5.90. The van der Waals surface area contributed by atoms with E-state index >= 15 is 0 Å². The topological polar surface area (TPSA) is 40.5 Å². The number of fused-ring (bicyclic) bond motifs is 1. The number of H-pyrrole nitrogens is 1. The molecule has 0 aliphatic carbocycles. The minimum atomic E-state index is -2.95. The first-order valence-electron chi connectivity index (χ1n) is 6.51. The van der Waals surface area contributed by atoms with Gasteiger partial charge in [-0.1, -0.05) is 36.4 Å². The summed E-state index contributed by atoms with van der Waals surface area (Å²) in [6, 6.07) is 13.8. The molecule has 3 rings (SSSR count). The molecular formula is C16H13F2N3. The van der Waals surface area contributed by atoms with Gasteiger partial charge in [-0.25, -0.2) is 8.78 Å². The predicted molar refractivity (Wildman–Crippen MR) is 78.5 cm³/mol. The van der Waals surface area contributed by atoms with Gasteiger partial charge in [0.25, 0.3) is 5.92 Å². The summed E-state index contributed by atoms with van der Waals surface area (Å²) in [5, 5.41) is 8.99. The molecule has 2 aromatic carbocycles. The second kappa shape index (κ2) is 5.09. The molecule has 0 aliphatic heterocycles. The lowest BCUT2D eigenvalue weighted by Gasteiger charge is -2.11. The normalized spacial score (nSPS) is 12.3. The Balaban J connectivity index is 2.01. The van der Waals surface area contributed by atoms with Gasteiger partial charge in [-0.15, -0.1) is 10.2 Å². The van der Waals surface area contributed by atoms with Gasteiger partial charge in [0.1, 0.15) is 5.69 Å². The third kappa shape index (κ3) is 2.67. The molecule has 5 heteroatoms. The highest BCUT2D eigenvalue weighted by atomic mass is 19.3. The molecule has 21 heavy (non-hydrogen) atoms. The summed E-state index contributed by atoms with van der Waals surface area (Å²) in [6.07, 6.45) is 1.71. The Morgan fingerprint density at radius 3 is 2.38 bits per heavy atom. The van der Waals surface area contributed by atoms with E-state index in [1.807, 2.05) is 24.3 Å². The highest BCUT2D eigenvalue weighted by Gasteiger charge is 2.27. The fraction of sp³-hybridized carbons (Fsp3) is 0.125. The van der Waals surface area contributed by atoms with E-state index in [0.717, 1.165) is 17.8 Å². The number of hydrogen-bond donors (Lipinski definition) is 1. The molecule has 0 radical (unpaired) electrons. The van der Waals surface area contributed by atoms with Crippen molar-refractivity contribution < 1.29 is 8.78 Å². The van der Waals surface area contributed by atoms with Gasteiger partial charge < -0.3 is 4.98 Å². The van der Waals surface area contributed by atoms with Gasteiger partial charge in [-0.3, -0.25) is 0 Å². The maximum absolute atomic E-state index is 13.5. The number of halogens is 2. The van der Waals surface area contributed by atoms with Gasteiger partial charge in [0, 0.05) is 29.6 Å². The molecule has 0 amide bonds. The van der Waals surface area contributed by atoms with Gasteiger partial charge in [-0.05, 0) is 12.1 Å². The van der Waals surface area contributed by atoms with E-state index < -0.39 is 5.92 Å². The molecule has 1 heterocycles. The van der Waals surface area contributed by atoms with Crippen LogP contribution in [0.1, 0.15) is 12.5 Å². The van der Waals surface area contributed by atoms with Gasteiger partial charge in [0.05, 0.1) is 5.69 Å². The molecule has 1 N–H and O–H groups in total. The third-order valence-corrected chi connectivity index (χ3v) is 3.21. The molecule has 0 saturated heterocycles. The number of para-hydroxylation sites is 1. The number of alkyl halides is 2. The van der Waals surface area contributed by atoms with E-state index in [9.17, 15) is 8.78 Å². The first-order chi connectivity index (χ1) is 10.1. The van der Waals surface area contributed by atoms with Crippen LogP contribution in [0.4, 0.5) is 20.2 Å². The van der Waals surface area contributed by atoms with Crippen LogP contribution in [0.3, 0.4) is 0 Å². The molecule has 3 nitrogen and oxygen atoms in total. The molecule has 0 unspecified atom stereocenters. The number of azo groups is 1. The molecular weight excluding hydrogens is 272 g/mol. The zero-order valence-electron chi connectivity index (χ0n) is 11.3. The number of aromatic nitrogens is 1. The molecule has 0 spiro atoms. The Bertz CT molecular complexity index is 800. The van der Waals surface area contributed by atoms with Crippen molar-refractivity contribution in [2.24, 2.45) is 10.2 Å². The number of hydrogen-bond acceptors (Lipinski definition) is 2. The van der Waals surface area contributed by atoms with Gasteiger partial charge >= 0.3 is 0 Å². The highest BCUT2D eigenvalue weighted by Crippen LogP contribution is 2.35. The van der Waals surface area contributed by atoms with E-state index in [2.05, 4.69) is 15.2 Å². The first kappa shape index (κ1) is 13.4. The van der Waals surface area contributed by atoms with Crippen LogP contribution in [0.15, 0.2) is 65.0 Å². The zero-order chi connectivity index (χ0) is 14.9. The standard InChI is InChI=1S/C16H13F2N3/c1-16(17,18)12-7-3-5-9-14(12)20-21-15-10-19-13-8-4-2-6-11(13)15/h2-10,19H,1H3. The third-order valence-electron chi connectivity index (χ3n) is 3.21. The molecule has 106 valence electrons. The molecule has 0 saturated carbocycles. The summed E-state index contributed by atoms with van der Waals surface area (Å²) in [4.78, 5) is 3.07. The number of nitrogens with one attached hydrogen (secondary N) is 1. The van der Waals surface area contributed by atoms with Crippen molar-refractivity contribution in [3.8, 4) is 0 Å². The molecule has 0 bridgehead atoms. The van der Waals surface area contributed by atoms with Gasteiger partial charge in [0.2, 0.25) is 0 Å². The Kier molecular flexibility index (Phi) is 3.25. The Hall–Kier alpha value is -2.56. The van der Waals surface area contributed by atoms with Crippen LogP contribution in [-0.2, 0) is 5.92 Å². The quantitative estimate of drug-likeness (QED) is 0.600. The van der Waals surface area contributed by atoms with Crippen LogP contribution in [-0.4, -0.2) is 4.98 Å². The summed E-state index contributed by atoms with van der Waals surface area (Å²) in [5.41, 5.74) is 1.60. The predicted octanol–water partition coefficient (Wildman–Crippen LogP) is 5.70. The summed E-state index contributed by atoms with van der Waals surface area (Å²) >= 11 is 0. The van der Waals surface area contributed by atoms with Crippen molar-refractivity contribution in [3.05, 3.63) is 60.3 Å². The fourth-order valence-electron chi connectivity index (χ4n) is 2.18. The lowest BCUT2D eigenvalue weighted by atomic mass is 10.1. The monoisotopic (exact) mass is 285 g/mol.